The van der Waals surface area contributed by atoms with Crippen LogP contribution in [0.5, 0.6) is 0 Å². The molecule has 188 valence electrons. The number of benzene rings is 2. The summed E-state index contributed by atoms with van der Waals surface area (Å²) in [7, 11) is 1.93. The zero-order valence-corrected chi connectivity index (χ0v) is 22.0. The van der Waals surface area contributed by atoms with Crippen molar-refractivity contribution >= 4 is 34.8 Å². The van der Waals surface area contributed by atoms with E-state index in [0.29, 0.717) is 22.5 Å². The molecule has 2 unspecified atom stereocenters. The van der Waals surface area contributed by atoms with Crippen molar-refractivity contribution in [1.29, 1.82) is 0 Å². The molecule has 1 saturated carbocycles. The van der Waals surface area contributed by atoms with Gasteiger partial charge in [-0.05, 0) is 59.7 Å². The standard InChI is InChI=1S/C29H27Cl2N5O/c1-35-17-33-15-26(35)29(32,21-8-10-27(31)34-14-21)20-7-9-25-24(12-20)23(19-3-2-4-22(30)11-19)13-28(37)36(25)16-18-5-6-18/h2-4,7-12,14-15,17-18,23H,5-6,13,16,32H2,1H3. The minimum atomic E-state index is -1.04. The van der Waals surface area contributed by atoms with Crippen LogP contribution in [0.2, 0.25) is 10.2 Å². The molecular formula is C29H27Cl2N5O. The Labute approximate surface area is 226 Å². The minimum absolute atomic E-state index is 0.129. The van der Waals surface area contributed by atoms with Crippen molar-refractivity contribution in [2.75, 3.05) is 11.4 Å². The number of carbonyl (C=O) groups excluding carboxylic acids is 1. The number of halogens is 2. The highest BCUT2D eigenvalue weighted by atomic mass is 35.5. The van der Waals surface area contributed by atoms with Crippen molar-refractivity contribution in [3.05, 3.63) is 111 Å². The molecular weight excluding hydrogens is 505 g/mol. The Bertz CT molecular complexity index is 1480. The van der Waals surface area contributed by atoms with Gasteiger partial charge in [-0.2, -0.15) is 0 Å². The number of anilines is 1. The molecule has 0 bridgehead atoms. The molecule has 2 atom stereocenters. The van der Waals surface area contributed by atoms with Gasteiger partial charge in [0.05, 0.1) is 18.2 Å². The van der Waals surface area contributed by atoms with E-state index in [9.17, 15) is 4.79 Å². The van der Waals surface area contributed by atoms with Gasteiger partial charge in [0, 0.05) is 48.4 Å². The van der Waals surface area contributed by atoms with Crippen LogP contribution in [-0.4, -0.2) is 27.0 Å². The van der Waals surface area contributed by atoms with Crippen molar-refractivity contribution in [2.45, 2.75) is 30.7 Å². The van der Waals surface area contributed by atoms with Gasteiger partial charge in [-0.25, -0.2) is 9.97 Å². The van der Waals surface area contributed by atoms with Crippen molar-refractivity contribution in [3.63, 3.8) is 0 Å². The average molecular weight is 532 g/mol. The fourth-order valence-electron chi connectivity index (χ4n) is 5.44. The van der Waals surface area contributed by atoms with E-state index in [0.717, 1.165) is 40.2 Å². The highest BCUT2D eigenvalue weighted by Gasteiger charge is 2.39. The number of fused-ring (bicyclic) bond motifs is 1. The smallest absolute Gasteiger partial charge is 0.227 e. The van der Waals surface area contributed by atoms with Crippen LogP contribution in [0.25, 0.3) is 0 Å². The lowest BCUT2D eigenvalue weighted by Crippen LogP contribution is -2.42. The summed E-state index contributed by atoms with van der Waals surface area (Å²) in [5, 5.41) is 1.05. The summed E-state index contributed by atoms with van der Waals surface area (Å²) in [5.74, 6) is 0.586. The molecule has 6 nitrogen and oxygen atoms in total. The van der Waals surface area contributed by atoms with Crippen LogP contribution in [-0.2, 0) is 17.4 Å². The van der Waals surface area contributed by atoms with Crippen LogP contribution in [0.4, 0.5) is 5.69 Å². The van der Waals surface area contributed by atoms with E-state index in [4.69, 9.17) is 28.9 Å². The SMILES string of the molecule is Cn1cncc1C(N)(c1ccc(Cl)nc1)c1ccc2c(c1)C(c1cccc(Cl)c1)CC(=O)N2CC1CC1. The molecule has 4 aromatic rings. The van der Waals surface area contributed by atoms with Gasteiger partial charge in [-0.1, -0.05) is 53.5 Å². The number of imidazole rings is 1. The van der Waals surface area contributed by atoms with E-state index in [1.54, 1.807) is 24.8 Å². The zero-order valence-electron chi connectivity index (χ0n) is 20.4. The lowest BCUT2D eigenvalue weighted by Gasteiger charge is -2.37. The Balaban J connectivity index is 1.55. The van der Waals surface area contributed by atoms with Crippen molar-refractivity contribution < 1.29 is 4.79 Å². The van der Waals surface area contributed by atoms with Gasteiger partial charge in [0.1, 0.15) is 10.7 Å². The number of hydrogen-bond acceptors (Lipinski definition) is 4. The van der Waals surface area contributed by atoms with Gasteiger partial charge in [0.25, 0.3) is 0 Å². The second kappa shape index (κ2) is 9.28. The molecule has 0 spiro atoms. The lowest BCUT2D eigenvalue weighted by atomic mass is 9.77. The Morgan fingerprint density at radius 2 is 1.86 bits per heavy atom. The van der Waals surface area contributed by atoms with Gasteiger partial charge in [0.2, 0.25) is 5.91 Å². The summed E-state index contributed by atoms with van der Waals surface area (Å²) in [5.41, 5.74) is 11.8. The first kappa shape index (κ1) is 24.2. The third kappa shape index (κ3) is 4.33. The maximum Gasteiger partial charge on any atom is 0.227 e. The van der Waals surface area contributed by atoms with E-state index < -0.39 is 5.54 Å². The number of nitrogens with zero attached hydrogens (tertiary/aromatic N) is 4. The zero-order chi connectivity index (χ0) is 25.7. The highest BCUT2D eigenvalue weighted by molar-refractivity contribution is 6.30. The molecule has 1 aliphatic heterocycles. The van der Waals surface area contributed by atoms with Crippen LogP contribution in [0, 0.1) is 5.92 Å². The minimum Gasteiger partial charge on any atom is -0.336 e. The largest absolute Gasteiger partial charge is 0.336 e. The normalized spacial score (nSPS) is 19.0. The first-order valence-corrected chi connectivity index (χ1v) is 13.2. The second-order valence-corrected chi connectivity index (χ2v) is 10.9. The molecule has 37 heavy (non-hydrogen) atoms. The van der Waals surface area contributed by atoms with Crippen LogP contribution >= 0.6 is 23.2 Å². The molecule has 0 radical (unpaired) electrons. The van der Waals surface area contributed by atoms with Gasteiger partial charge < -0.3 is 15.2 Å². The quantitative estimate of drug-likeness (QED) is 0.326. The third-order valence-electron chi connectivity index (χ3n) is 7.62. The fraction of sp³-hybridized carbons (Fsp3) is 0.276. The van der Waals surface area contributed by atoms with E-state index in [1.807, 2.05) is 59.0 Å². The second-order valence-electron chi connectivity index (χ2n) is 10.1. The topological polar surface area (TPSA) is 77.0 Å². The maximum atomic E-state index is 13.4. The number of hydrogen-bond donors (Lipinski definition) is 1. The molecule has 0 saturated heterocycles. The van der Waals surface area contributed by atoms with Gasteiger partial charge in [-0.3, -0.25) is 4.79 Å². The van der Waals surface area contributed by atoms with E-state index in [1.165, 1.54) is 12.8 Å². The number of nitrogens with two attached hydrogens (primary N) is 1. The summed E-state index contributed by atoms with van der Waals surface area (Å²) in [4.78, 5) is 24.0. The molecule has 2 N–H and O–H groups in total. The van der Waals surface area contributed by atoms with Crippen LogP contribution in [0.1, 0.15) is 53.1 Å². The molecule has 8 heteroatoms. The average Bonchev–Trinajstić information content (AvgIpc) is 3.62. The first-order chi connectivity index (χ1) is 17.8. The highest BCUT2D eigenvalue weighted by Crippen LogP contribution is 2.45. The Morgan fingerprint density at radius 3 is 2.54 bits per heavy atom. The molecule has 2 aliphatic rings. The molecule has 6 rings (SSSR count). The predicted molar refractivity (Wildman–Crippen MR) is 146 cm³/mol. The van der Waals surface area contributed by atoms with Crippen LogP contribution in [0.3, 0.4) is 0 Å². The monoisotopic (exact) mass is 531 g/mol. The van der Waals surface area contributed by atoms with Gasteiger partial charge >= 0.3 is 0 Å². The van der Waals surface area contributed by atoms with Crippen molar-refractivity contribution in [1.82, 2.24) is 14.5 Å². The van der Waals surface area contributed by atoms with E-state index in [2.05, 4.69) is 16.0 Å². The molecule has 1 aliphatic carbocycles. The van der Waals surface area contributed by atoms with Crippen LogP contribution < -0.4 is 10.6 Å². The molecule has 2 aromatic carbocycles. The molecule has 1 amide bonds. The number of carbonyl (C=O) groups is 1. The molecule has 1 fully saturated rings. The number of rotatable bonds is 6. The summed E-state index contributed by atoms with van der Waals surface area (Å²) in [6.45, 7) is 0.754. The Kier molecular flexibility index (Phi) is 6.06. The van der Waals surface area contributed by atoms with E-state index in [-0.39, 0.29) is 11.8 Å². The third-order valence-corrected chi connectivity index (χ3v) is 8.08. The van der Waals surface area contributed by atoms with Crippen LogP contribution in [0.15, 0.2) is 73.3 Å². The van der Waals surface area contributed by atoms with Crippen molar-refractivity contribution in [2.24, 2.45) is 18.7 Å². The number of aromatic nitrogens is 3. The summed E-state index contributed by atoms with van der Waals surface area (Å²) < 4.78 is 1.92. The Morgan fingerprint density at radius 1 is 1.05 bits per heavy atom. The molecule has 2 aromatic heterocycles. The lowest BCUT2D eigenvalue weighted by molar-refractivity contribution is -0.119. The van der Waals surface area contributed by atoms with E-state index >= 15 is 0 Å². The first-order valence-electron chi connectivity index (χ1n) is 12.4. The fourth-order valence-corrected chi connectivity index (χ4v) is 5.75. The van der Waals surface area contributed by atoms with Gasteiger partial charge in [-0.15, -0.1) is 0 Å². The number of amides is 1. The number of aryl methyl sites for hydroxylation is 1. The summed E-state index contributed by atoms with van der Waals surface area (Å²) in [6, 6.07) is 17.6. The summed E-state index contributed by atoms with van der Waals surface area (Å²) >= 11 is 12.5. The maximum absolute atomic E-state index is 13.4. The van der Waals surface area contributed by atoms with Gasteiger partial charge in [0.15, 0.2) is 0 Å². The Hall–Kier alpha value is -3.19. The number of pyridine rings is 1. The summed E-state index contributed by atoms with van der Waals surface area (Å²) in [6.07, 6.45) is 7.96. The van der Waals surface area contributed by atoms with Crippen molar-refractivity contribution in [3.8, 4) is 0 Å². The predicted octanol–water partition coefficient (Wildman–Crippen LogP) is 5.65. The molecule has 3 heterocycles.